The van der Waals surface area contributed by atoms with Gasteiger partial charge in [-0.1, -0.05) is 53.6 Å². The molecule has 0 saturated carbocycles. The SMILES string of the molecule is COc1cc(/C=N\NC(=O)c2ccccc2Cl)cc(Br)c1OCc1ccc(C)cc1. The quantitative estimate of drug-likeness (QED) is 0.340. The van der Waals surface area contributed by atoms with E-state index < -0.39 is 0 Å². The normalized spacial score (nSPS) is 10.8. The van der Waals surface area contributed by atoms with Crippen LogP contribution in [0.2, 0.25) is 5.02 Å². The maximum absolute atomic E-state index is 12.2. The number of carbonyl (C=O) groups excluding carboxylic acids is 1. The highest BCUT2D eigenvalue weighted by atomic mass is 79.9. The van der Waals surface area contributed by atoms with E-state index in [2.05, 4.69) is 26.5 Å². The molecule has 0 aliphatic rings. The molecule has 3 aromatic rings. The second-order valence-corrected chi connectivity index (χ2v) is 7.75. The summed E-state index contributed by atoms with van der Waals surface area (Å²) in [4.78, 5) is 12.2. The van der Waals surface area contributed by atoms with Gasteiger partial charge in [-0.3, -0.25) is 4.79 Å². The van der Waals surface area contributed by atoms with Crippen LogP contribution in [0, 0.1) is 6.92 Å². The fraction of sp³-hybridized carbons (Fsp3) is 0.130. The molecule has 0 aliphatic carbocycles. The molecule has 154 valence electrons. The molecule has 3 aromatic carbocycles. The van der Waals surface area contributed by atoms with Crippen LogP contribution >= 0.6 is 27.5 Å². The van der Waals surface area contributed by atoms with Crippen molar-refractivity contribution in [2.75, 3.05) is 7.11 Å². The highest BCUT2D eigenvalue weighted by Gasteiger charge is 2.12. The summed E-state index contributed by atoms with van der Waals surface area (Å²) < 4.78 is 12.1. The van der Waals surface area contributed by atoms with Gasteiger partial charge in [0, 0.05) is 0 Å². The minimum Gasteiger partial charge on any atom is -0.493 e. The Labute approximate surface area is 188 Å². The number of hydrogen-bond acceptors (Lipinski definition) is 4. The monoisotopic (exact) mass is 486 g/mol. The average molecular weight is 488 g/mol. The minimum atomic E-state index is -0.388. The molecule has 1 N–H and O–H groups in total. The number of carbonyl (C=O) groups is 1. The highest BCUT2D eigenvalue weighted by molar-refractivity contribution is 9.10. The van der Waals surface area contributed by atoms with Gasteiger partial charge in [0.05, 0.1) is 28.4 Å². The number of rotatable bonds is 7. The Morgan fingerprint density at radius 2 is 1.90 bits per heavy atom. The van der Waals surface area contributed by atoms with Gasteiger partial charge in [0.25, 0.3) is 5.91 Å². The molecular weight excluding hydrogens is 468 g/mol. The summed E-state index contributed by atoms with van der Waals surface area (Å²) in [6.07, 6.45) is 1.52. The zero-order valence-corrected chi connectivity index (χ0v) is 18.8. The van der Waals surface area contributed by atoms with Crippen molar-refractivity contribution in [1.29, 1.82) is 0 Å². The highest BCUT2D eigenvalue weighted by Crippen LogP contribution is 2.36. The van der Waals surface area contributed by atoms with Crippen molar-refractivity contribution in [1.82, 2.24) is 5.43 Å². The Balaban J connectivity index is 1.70. The first-order valence-electron chi connectivity index (χ1n) is 9.11. The molecule has 30 heavy (non-hydrogen) atoms. The Kier molecular flexibility index (Phi) is 7.49. The number of aryl methyl sites for hydroxylation is 1. The van der Waals surface area contributed by atoms with Gasteiger partial charge in [-0.05, 0) is 58.2 Å². The minimum absolute atomic E-state index is 0.356. The van der Waals surface area contributed by atoms with Crippen LogP contribution < -0.4 is 14.9 Å². The second kappa shape index (κ2) is 10.3. The van der Waals surface area contributed by atoms with Crippen molar-refractivity contribution >= 4 is 39.7 Å². The fourth-order valence-electron chi connectivity index (χ4n) is 2.67. The molecule has 0 heterocycles. The lowest BCUT2D eigenvalue weighted by atomic mass is 10.2. The molecule has 3 rings (SSSR count). The van der Waals surface area contributed by atoms with Gasteiger partial charge in [0.2, 0.25) is 0 Å². The molecule has 0 saturated heterocycles. The van der Waals surface area contributed by atoms with E-state index >= 15 is 0 Å². The molecule has 5 nitrogen and oxygen atoms in total. The van der Waals surface area contributed by atoms with E-state index in [9.17, 15) is 4.79 Å². The average Bonchev–Trinajstić information content (AvgIpc) is 2.74. The third-order valence-electron chi connectivity index (χ3n) is 4.25. The van der Waals surface area contributed by atoms with E-state index in [1.165, 1.54) is 11.8 Å². The van der Waals surface area contributed by atoms with Crippen LogP contribution in [0.25, 0.3) is 0 Å². The third-order valence-corrected chi connectivity index (χ3v) is 5.17. The van der Waals surface area contributed by atoms with Crippen molar-refractivity contribution in [3.8, 4) is 11.5 Å². The van der Waals surface area contributed by atoms with E-state index in [0.29, 0.717) is 33.2 Å². The summed E-state index contributed by atoms with van der Waals surface area (Å²) in [5, 5.41) is 4.37. The molecule has 0 unspecified atom stereocenters. The number of ether oxygens (including phenoxy) is 2. The van der Waals surface area contributed by atoms with Crippen molar-refractivity contribution in [2.45, 2.75) is 13.5 Å². The molecule has 1 amide bonds. The molecule has 0 atom stereocenters. The maximum atomic E-state index is 12.2. The zero-order chi connectivity index (χ0) is 21.5. The van der Waals surface area contributed by atoms with Gasteiger partial charge in [-0.2, -0.15) is 5.10 Å². The molecule has 0 spiro atoms. The van der Waals surface area contributed by atoms with Gasteiger partial charge >= 0.3 is 0 Å². The van der Waals surface area contributed by atoms with Crippen molar-refractivity contribution in [3.05, 3.63) is 92.4 Å². The van der Waals surface area contributed by atoms with E-state index in [1.54, 1.807) is 37.4 Å². The summed E-state index contributed by atoms with van der Waals surface area (Å²) in [6.45, 7) is 2.46. The van der Waals surface area contributed by atoms with E-state index in [1.807, 2.05) is 37.3 Å². The number of benzene rings is 3. The van der Waals surface area contributed by atoms with Gasteiger partial charge in [-0.15, -0.1) is 0 Å². The van der Waals surface area contributed by atoms with Crippen LogP contribution in [0.1, 0.15) is 27.0 Å². The van der Waals surface area contributed by atoms with E-state index in [4.69, 9.17) is 21.1 Å². The summed E-state index contributed by atoms with van der Waals surface area (Å²) in [5.41, 5.74) is 5.80. The van der Waals surface area contributed by atoms with Gasteiger partial charge < -0.3 is 9.47 Å². The molecule has 0 aliphatic heterocycles. The predicted molar refractivity (Wildman–Crippen MR) is 123 cm³/mol. The van der Waals surface area contributed by atoms with Crippen LogP contribution in [0.4, 0.5) is 0 Å². The number of hydrazone groups is 1. The first kappa shape index (κ1) is 21.9. The Morgan fingerprint density at radius 1 is 1.17 bits per heavy atom. The van der Waals surface area contributed by atoms with Crippen LogP contribution in [-0.4, -0.2) is 19.2 Å². The molecule has 0 radical (unpaired) electrons. The fourth-order valence-corrected chi connectivity index (χ4v) is 3.46. The van der Waals surface area contributed by atoms with Crippen molar-refractivity contribution < 1.29 is 14.3 Å². The topological polar surface area (TPSA) is 59.9 Å². The maximum Gasteiger partial charge on any atom is 0.272 e. The number of amides is 1. The van der Waals surface area contributed by atoms with E-state index in [0.717, 1.165) is 11.1 Å². The van der Waals surface area contributed by atoms with Crippen LogP contribution in [0.15, 0.2) is 70.2 Å². The Bertz CT molecular complexity index is 1070. The number of methoxy groups -OCH3 is 1. The summed E-state index contributed by atoms with van der Waals surface area (Å²) in [7, 11) is 1.57. The number of nitrogens with one attached hydrogen (secondary N) is 1. The number of nitrogens with zero attached hydrogens (tertiary/aromatic N) is 1. The largest absolute Gasteiger partial charge is 0.493 e. The molecule has 7 heteroatoms. The zero-order valence-electron chi connectivity index (χ0n) is 16.5. The third kappa shape index (κ3) is 5.62. The van der Waals surface area contributed by atoms with Crippen LogP contribution in [0.3, 0.4) is 0 Å². The van der Waals surface area contributed by atoms with Crippen LogP contribution in [-0.2, 0) is 6.61 Å². The number of halogens is 2. The second-order valence-electron chi connectivity index (χ2n) is 6.49. The summed E-state index contributed by atoms with van der Waals surface area (Å²) in [6, 6.07) is 18.5. The van der Waals surface area contributed by atoms with Crippen molar-refractivity contribution in [3.63, 3.8) is 0 Å². The lowest BCUT2D eigenvalue weighted by Crippen LogP contribution is -2.17. The smallest absolute Gasteiger partial charge is 0.272 e. The van der Waals surface area contributed by atoms with Gasteiger partial charge in [0.15, 0.2) is 11.5 Å². The van der Waals surface area contributed by atoms with Gasteiger partial charge in [0.1, 0.15) is 6.61 Å². The summed E-state index contributed by atoms with van der Waals surface area (Å²) in [5.74, 6) is 0.756. The van der Waals surface area contributed by atoms with Crippen LogP contribution in [0.5, 0.6) is 11.5 Å². The van der Waals surface area contributed by atoms with E-state index in [-0.39, 0.29) is 5.91 Å². The van der Waals surface area contributed by atoms with Crippen molar-refractivity contribution in [2.24, 2.45) is 5.10 Å². The molecule has 0 aromatic heterocycles. The Morgan fingerprint density at radius 3 is 2.60 bits per heavy atom. The predicted octanol–water partition coefficient (Wildman–Crippen LogP) is 5.76. The molecule has 0 bridgehead atoms. The van der Waals surface area contributed by atoms with Gasteiger partial charge in [-0.25, -0.2) is 5.43 Å². The Hall–Kier alpha value is -2.83. The summed E-state index contributed by atoms with van der Waals surface area (Å²) >= 11 is 9.54. The first-order valence-corrected chi connectivity index (χ1v) is 10.3. The lowest BCUT2D eigenvalue weighted by Gasteiger charge is -2.13. The first-order chi connectivity index (χ1) is 14.5. The molecular formula is C23H20BrClN2O3. The molecule has 0 fully saturated rings. The lowest BCUT2D eigenvalue weighted by molar-refractivity contribution is 0.0955. The standard InChI is InChI=1S/C23H20BrClN2O3/c1-15-7-9-16(10-8-15)14-30-22-19(24)11-17(12-21(22)29-2)13-26-27-23(28)18-5-3-4-6-20(18)25/h3-13H,14H2,1-2H3,(H,27,28)/b26-13-. The number of hydrogen-bond donors (Lipinski definition) is 1.